The molecule has 1 saturated carbocycles. The van der Waals surface area contributed by atoms with E-state index in [1.165, 1.54) is 37.2 Å². The van der Waals surface area contributed by atoms with Gasteiger partial charge in [-0.15, -0.1) is 0 Å². The van der Waals surface area contributed by atoms with Gasteiger partial charge in [-0.2, -0.15) is 11.8 Å². The van der Waals surface area contributed by atoms with Gasteiger partial charge in [0, 0.05) is 18.6 Å². The van der Waals surface area contributed by atoms with Crippen LogP contribution in [0, 0.1) is 5.92 Å². The summed E-state index contributed by atoms with van der Waals surface area (Å²) in [5.41, 5.74) is 5.80. The highest BCUT2D eigenvalue weighted by Crippen LogP contribution is 2.25. The number of rotatable bonds is 7. The normalized spacial score (nSPS) is 28.2. The molecule has 0 aromatic heterocycles. The topological polar surface area (TPSA) is 38.0 Å². The monoisotopic (exact) mass is 230 g/mol. The molecule has 2 nitrogen and oxygen atoms in total. The molecule has 3 unspecified atom stereocenters. The highest BCUT2D eigenvalue weighted by Gasteiger charge is 2.22. The molecular formula is C12H26N2S. The van der Waals surface area contributed by atoms with Crippen LogP contribution in [-0.4, -0.2) is 30.1 Å². The predicted molar refractivity (Wildman–Crippen MR) is 70.4 cm³/mol. The first-order valence-electron chi connectivity index (χ1n) is 6.30. The van der Waals surface area contributed by atoms with Gasteiger partial charge in [-0.05, 0) is 43.1 Å². The van der Waals surface area contributed by atoms with Crippen molar-refractivity contribution in [2.75, 3.05) is 18.1 Å². The average molecular weight is 230 g/mol. The molecule has 0 aromatic rings. The number of nitrogens with one attached hydrogen (secondary N) is 1. The van der Waals surface area contributed by atoms with Gasteiger partial charge in [0.2, 0.25) is 0 Å². The Morgan fingerprint density at radius 3 is 2.80 bits per heavy atom. The predicted octanol–water partition coefficient (Wildman–Crippen LogP) is 2.24. The van der Waals surface area contributed by atoms with Crippen LogP contribution >= 0.6 is 11.8 Å². The van der Waals surface area contributed by atoms with Gasteiger partial charge in [0.15, 0.2) is 0 Å². The lowest BCUT2D eigenvalue weighted by Crippen LogP contribution is -2.42. The Kier molecular flexibility index (Phi) is 6.69. The Hall–Kier alpha value is 0.270. The highest BCUT2D eigenvalue weighted by molar-refractivity contribution is 7.99. The van der Waals surface area contributed by atoms with Crippen molar-refractivity contribution in [2.45, 2.75) is 51.6 Å². The summed E-state index contributed by atoms with van der Waals surface area (Å²) in [5.74, 6) is 3.37. The summed E-state index contributed by atoms with van der Waals surface area (Å²) >= 11 is 2.01. The van der Waals surface area contributed by atoms with Gasteiger partial charge in [0.1, 0.15) is 0 Å². The molecular weight excluding hydrogens is 204 g/mol. The maximum absolute atomic E-state index is 5.80. The van der Waals surface area contributed by atoms with Crippen molar-refractivity contribution in [1.29, 1.82) is 0 Å². The molecule has 1 aliphatic rings. The maximum atomic E-state index is 5.80. The summed E-state index contributed by atoms with van der Waals surface area (Å²) in [5, 5.41) is 3.72. The summed E-state index contributed by atoms with van der Waals surface area (Å²) in [7, 11) is 0. The summed E-state index contributed by atoms with van der Waals surface area (Å²) in [4.78, 5) is 0. The van der Waals surface area contributed by atoms with Crippen molar-refractivity contribution in [3.8, 4) is 0 Å². The molecule has 3 heteroatoms. The summed E-state index contributed by atoms with van der Waals surface area (Å²) in [6, 6.07) is 1.28. The van der Waals surface area contributed by atoms with E-state index in [1.54, 1.807) is 0 Å². The zero-order valence-electron chi connectivity index (χ0n) is 10.2. The largest absolute Gasteiger partial charge is 0.329 e. The molecule has 1 rings (SSSR count). The molecule has 1 aliphatic carbocycles. The molecule has 0 aromatic carbocycles. The second-order valence-electron chi connectivity index (χ2n) is 4.70. The molecule has 0 bridgehead atoms. The molecule has 0 aliphatic heterocycles. The van der Waals surface area contributed by atoms with Crippen LogP contribution in [0.15, 0.2) is 0 Å². The van der Waals surface area contributed by atoms with Crippen LogP contribution < -0.4 is 11.1 Å². The quantitative estimate of drug-likeness (QED) is 0.659. The van der Waals surface area contributed by atoms with E-state index in [1.807, 2.05) is 11.8 Å². The van der Waals surface area contributed by atoms with E-state index in [-0.39, 0.29) is 0 Å². The first-order chi connectivity index (χ1) is 7.26. The molecule has 0 amide bonds. The van der Waals surface area contributed by atoms with Gasteiger partial charge in [-0.25, -0.2) is 0 Å². The number of hydrogen-bond acceptors (Lipinski definition) is 3. The van der Waals surface area contributed by atoms with Crippen LogP contribution in [0.25, 0.3) is 0 Å². The van der Waals surface area contributed by atoms with Gasteiger partial charge in [0.05, 0.1) is 0 Å². The molecule has 0 radical (unpaired) electrons. The minimum atomic E-state index is 0.541. The summed E-state index contributed by atoms with van der Waals surface area (Å²) < 4.78 is 0. The van der Waals surface area contributed by atoms with E-state index in [0.717, 1.165) is 18.5 Å². The maximum Gasteiger partial charge on any atom is 0.0200 e. The third kappa shape index (κ3) is 5.23. The molecule has 0 heterocycles. The number of nitrogens with two attached hydrogens (primary N) is 1. The van der Waals surface area contributed by atoms with E-state index in [0.29, 0.717) is 6.04 Å². The van der Waals surface area contributed by atoms with Crippen LogP contribution in [-0.2, 0) is 0 Å². The Morgan fingerprint density at radius 1 is 1.47 bits per heavy atom. The lowest BCUT2D eigenvalue weighted by atomic mass is 10.1. The first kappa shape index (κ1) is 13.3. The SMILES string of the molecule is CCSCCC(CN)NC1CCC(C)C1. The molecule has 15 heavy (non-hydrogen) atoms. The molecule has 1 fully saturated rings. The van der Waals surface area contributed by atoms with Gasteiger partial charge in [-0.1, -0.05) is 13.8 Å². The fourth-order valence-corrected chi connectivity index (χ4v) is 3.07. The number of thioether (sulfide) groups is 1. The standard InChI is InChI=1S/C12H26N2S/c1-3-15-7-6-12(9-13)14-11-5-4-10(2)8-11/h10-12,14H,3-9,13H2,1-2H3. The lowest BCUT2D eigenvalue weighted by molar-refractivity contribution is 0.418. The lowest BCUT2D eigenvalue weighted by Gasteiger charge is -2.21. The minimum absolute atomic E-state index is 0.541. The van der Waals surface area contributed by atoms with Crippen LogP contribution in [0.5, 0.6) is 0 Å². The van der Waals surface area contributed by atoms with Crippen molar-refractivity contribution in [3.05, 3.63) is 0 Å². The Morgan fingerprint density at radius 2 is 2.27 bits per heavy atom. The zero-order valence-corrected chi connectivity index (χ0v) is 11.0. The second-order valence-corrected chi connectivity index (χ2v) is 6.09. The van der Waals surface area contributed by atoms with Crippen LogP contribution in [0.2, 0.25) is 0 Å². The van der Waals surface area contributed by atoms with E-state index in [9.17, 15) is 0 Å². The van der Waals surface area contributed by atoms with E-state index in [2.05, 4.69) is 19.2 Å². The summed E-state index contributed by atoms with van der Waals surface area (Å²) in [6.07, 6.45) is 5.30. The molecule has 3 N–H and O–H groups in total. The number of hydrogen-bond donors (Lipinski definition) is 2. The van der Waals surface area contributed by atoms with Crippen molar-refractivity contribution >= 4 is 11.8 Å². The Balaban J connectivity index is 2.15. The fraction of sp³-hybridized carbons (Fsp3) is 1.00. The zero-order chi connectivity index (χ0) is 11.1. The average Bonchev–Trinajstić information content (AvgIpc) is 2.63. The highest BCUT2D eigenvalue weighted by atomic mass is 32.2. The fourth-order valence-electron chi connectivity index (χ4n) is 2.33. The van der Waals surface area contributed by atoms with E-state index >= 15 is 0 Å². The van der Waals surface area contributed by atoms with Crippen molar-refractivity contribution in [3.63, 3.8) is 0 Å². The van der Waals surface area contributed by atoms with Gasteiger partial charge < -0.3 is 11.1 Å². The van der Waals surface area contributed by atoms with Gasteiger partial charge >= 0.3 is 0 Å². The Bertz CT molecular complexity index is 164. The van der Waals surface area contributed by atoms with E-state index < -0.39 is 0 Å². The van der Waals surface area contributed by atoms with Crippen LogP contribution in [0.4, 0.5) is 0 Å². The minimum Gasteiger partial charge on any atom is -0.329 e. The van der Waals surface area contributed by atoms with Crippen molar-refractivity contribution < 1.29 is 0 Å². The van der Waals surface area contributed by atoms with Crippen molar-refractivity contribution in [2.24, 2.45) is 11.7 Å². The third-order valence-corrected chi connectivity index (χ3v) is 4.20. The first-order valence-corrected chi connectivity index (χ1v) is 7.45. The van der Waals surface area contributed by atoms with Crippen LogP contribution in [0.3, 0.4) is 0 Å². The van der Waals surface area contributed by atoms with Crippen LogP contribution in [0.1, 0.15) is 39.5 Å². The molecule has 0 spiro atoms. The Labute approximate surface area is 98.8 Å². The molecule has 3 atom stereocenters. The third-order valence-electron chi connectivity index (χ3n) is 3.27. The van der Waals surface area contributed by atoms with Gasteiger partial charge in [-0.3, -0.25) is 0 Å². The van der Waals surface area contributed by atoms with Crippen molar-refractivity contribution in [1.82, 2.24) is 5.32 Å². The molecule has 90 valence electrons. The van der Waals surface area contributed by atoms with E-state index in [4.69, 9.17) is 5.73 Å². The molecule has 0 saturated heterocycles. The smallest absolute Gasteiger partial charge is 0.0200 e. The second kappa shape index (κ2) is 7.53. The van der Waals surface area contributed by atoms with Gasteiger partial charge in [0.25, 0.3) is 0 Å². The summed E-state index contributed by atoms with van der Waals surface area (Å²) in [6.45, 7) is 5.36.